The molecule has 1 amide bonds. The number of aromatic amines is 1. The molecule has 1 aliphatic rings. The predicted octanol–water partition coefficient (Wildman–Crippen LogP) is 4.27. The fraction of sp³-hybridized carbons (Fsp3) is 0.389. The molecule has 0 aliphatic heterocycles. The number of hydrogen-bond acceptors (Lipinski definition) is 3. The molecule has 0 spiro atoms. The number of carbonyl (C=O) groups excluding carboxylic acids is 1. The minimum atomic E-state index is -4.68. The standard InChI is InChI=1S/C18H19ClF3N5O/c1-10-12(11(2)24-23-10)9-26(3)17(28)15-8-16(18(20,21)22)25-27(15)14-7-5-4-6-13(14)19/h6-8H,4-5,9H2,1-3H3,(H,23,24). The van der Waals surface area contributed by atoms with Crippen molar-refractivity contribution in [2.24, 2.45) is 0 Å². The lowest BCUT2D eigenvalue weighted by molar-refractivity contribution is -0.141. The van der Waals surface area contributed by atoms with Gasteiger partial charge < -0.3 is 4.90 Å². The number of nitrogens with zero attached hydrogens (tertiary/aromatic N) is 4. The maximum Gasteiger partial charge on any atom is 0.435 e. The third kappa shape index (κ3) is 3.84. The molecular formula is C18H19ClF3N5O. The Labute approximate surface area is 164 Å². The van der Waals surface area contributed by atoms with Gasteiger partial charge in [0, 0.05) is 30.9 Å². The van der Waals surface area contributed by atoms with Crippen LogP contribution in [0.4, 0.5) is 13.2 Å². The molecule has 1 N–H and O–H groups in total. The van der Waals surface area contributed by atoms with Crippen LogP contribution in [-0.2, 0) is 12.7 Å². The number of hydrogen-bond donors (Lipinski definition) is 1. The minimum absolute atomic E-state index is 0.197. The smallest absolute Gasteiger partial charge is 0.336 e. The van der Waals surface area contributed by atoms with Crippen molar-refractivity contribution in [3.8, 4) is 0 Å². The predicted molar refractivity (Wildman–Crippen MR) is 98.5 cm³/mol. The number of carbonyl (C=O) groups is 1. The number of H-pyrrole nitrogens is 1. The van der Waals surface area contributed by atoms with E-state index in [0.29, 0.717) is 12.8 Å². The van der Waals surface area contributed by atoms with Crippen LogP contribution < -0.4 is 0 Å². The van der Waals surface area contributed by atoms with E-state index in [1.807, 2.05) is 6.92 Å². The van der Waals surface area contributed by atoms with Crippen molar-refractivity contribution < 1.29 is 18.0 Å². The summed E-state index contributed by atoms with van der Waals surface area (Å²) in [6.45, 7) is 3.81. The molecule has 0 unspecified atom stereocenters. The summed E-state index contributed by atoms with van der Waals surface area (Å²) in [6.07, 6.45) is -0.0256. The van der Waals surface area contributed by atoms with E-state index in [2.05, 4.69) is 15.3 Å². The summed E-state index contributed by atoms with van der Waals surface area (Å²) in [4.78, 5) is 14.3. The van der Waals surface area contributed by atoms with Crippen LogP contribution in [0.1, 0.15) is 46.0 Å². The van der Waals surface area contributed by atoms with Crippen LogP contribution in [0.3, 0.4) is 0 Å². The van der Waals surface area contributed by atoms with Gasteiger partial charge in [-0.1, -0.05) is 23.8 Å². The molecule has 0 saturated carbocycles. The van der Waals surface area contributed by atoms with Crippen LogP contribution in [0.25, 0.3) is 5.70 Å². The van der Waals surface area contributed by atoms with Gasteiger partial charge in [-0.15, -0.1) is 0 Å². The Balaban J connectivity index is 1.99. The van der Waals surface area contributed by atoms with Crippen molar-refractivity contribution in [2.45, 2.75) is 39.4 Å². The highest BCUT2D eigenvalue weighted by atomic mass is 35.5. The molecule has 0 saturated heterocycles. The lowest BCUT2D eigenvalue weighted by Crippen LogP contribution is -2.29. The molecule has 2 aromatic rings. The highest BCUT2D eigenvalue weighted by Crippen LogP contribution is 2.33. The summed E-state index contributed by atoms with van der Waals surface area (Å²) >= 11 is 6.17. The van der Waals surface area contributed by atoms with Gasteiger partial charge in [0.15, 0.2) is 5.69 Å². The summed E-state index contributed by atoms with van der Waals surface area (Å²) in [5, 5.41) is 10.8. The number of aromatic nitrogens is 4. The van der Waals surface area contributed by atoms with E-state index in [0.717, 1.165) is 27.7 Å². The van der Waals surface area contributed by atoms with Crippen LogP contribution in [0.2, 0.25) is 0 Å². The van der Waals surface area contributed by atoms with E-state index in [-0.39, 0.29) is 23.0 Å². The molecule has 2 heterocycles. The Bertz CT molecular complexity index is 951. The number of nitrogens with one attached hydrogen (secondary N) is 1. The molecule has 0 bridgehead atoms. The molecule has 1 aliphatic carbocycles. The normalized spacial score (nSPS) is 14.7. The second-order valence-electron chi connectivity index (χ2n) is 6.62. The number of amides is 1. The van der Waals surface area contributed by atoms with Gasteiger partial charge in [0.05, 0.1) is 16.4 Å². The van der Waals surface area contributed by atoms with Gasteiger partial charge in [0.2, 0.25) is 0 Å². The maximum atomic E-state index is 13.2. The van der Waals surface area contributed by atoms with E-state index >= 15 is 0 Å². The Morgan fingerprint density at radius 3 is 2.57 bits per heavy atom. The van der Waals surface area contributed by atoms with E-state index < -0.39 is 17.8 Å². The molecule has 6 nitrogen and oxygen atoms in total. The van der Waals surface area contributed by atoms with Crippen LogP contribution in [0, 0.1) is 13.8 Å². The van der Waals surface area contributed by atoms with Gasteiger partial charge >= 0.3 is 6.18 Å². The first-order valence-electron chi connectivity index (χ1n) is 8.59. The van der Waals surface area contributed by atoms with Crippen molar-refractivity contribution in [1.82, 2.24) is 24.9 Å². The summed E-state index contributed by atoms with van der Waals surface area (Å²) in [7, 11) is 1.52. The quantitative estimate of drug-likeness (QED) is 0.813. The summed E-state index contributed by atoms with van der Waals surface area (Å²) in [6, 6.07) is 0.757. The zero-order valence-electron chi connectivity index (χ0n) is 15.6. The first-order valence-corrected chi connectivity index (χ1v) is 8.97. The Morgan fingerprint density at radius 2 is 2.00 bits per heavy atom. The molecular weight excluding hydrogens is 395 g/mol. The van der Waals surface area contributed by atoms with Crippen molar-refractivity contribution in [2.75, 3.05) is 7.05 Å². The average Bonchev–Trinajstić information content (AvgIpc) is 3.20. The molecule has 150 valence electrons. The number of alkyl halides is 3. The fourth-order valence-corrected chi connectivity index (χ4v) is 3.25. The van der Waals surface area contributed by atoms with Gasteiger partial charge in [-0.2, -0.15) is 23.4 Å². The minimum Gasteiger partial charge on any atom is -0.336 e. The Hall–Kier alpha value is -2.55. The van der Waals surface area contributed by atoms with E-state index in [9.17, 15) is 18.0 Å². The highest BCUT2D eigenvalue weighted by molar-refractivity contribution is 6.35. The molecule has 0 atom stereocenters. The van der Waals surface area contributed by atoms with Crippen LogP contribution in [0.5, 0.6) is 0 Å². The number of aryl methyl sites for hydroxylation is 2. The Morgan fingerprint density at radius 1 is 1.32 bits per heavy atom. The second-order valence-corrected chi connectivity index (χ2v) is 7.02. The molecule has 3 rings (SSSR count). The third-order valence-corrected chi connectivity index (χ3v) is 4.89. The Kier molecular flexibility index (Phi) is 5.38. The maximum absolute atomic E-state index is 13.2. The summed E-state index contributed by atoms with van der Waals surface area (Å²) < 4.78 is 40.7. The lowest BCUT2D eigenvalue weighted by atomic mass is 10.1. The molecule has 28 heavy (non-hydrogen) atoms. The van der Waals surface area contributed by atoms with Crippen molar-refractivity contribution >= 4 is 23.2 Å². The number of allylic oxidation sites excluding steroid dienone is 4. The second kappa shape index (κ2) is 7.46. The van der Waals surface area contributed by atoms with Gasteiger partial charge in [0.1, 0.15) is 5.69 Å². The van der Waals surface area contributed by atoms with Crippen molar-refractivity contribution in [3.63, 3.8) is 0 Å². The third-order valence-electron chi connectivity index (χ3n) is 4.54. The summed E-state index contributed by atoms with van der Waals surface area (Å²) in [5.41, 5.74) is 1.26. The van der Waals surface area contributed by atoms with Crippen molar-refractivity contribution in [3.05, 3.63) is 51.6 Å². The highest BCUT2D eigenvalue weighted by Gasteiger charge is 2.37. The zero-order valence-corrected chi connectivity index (χ0v) is 16.3. The first-order chi connectivity index (χ1) is 13.1. The molecule has 0 radical (unpaired) electrons. The lowest BCUT2D eigenvalue weighted by Gasteiger charge is -2.19. The van der Waals surface area contributed by atoms with E-state index in [1.165, 1.54) is 11.9 Å². The van der Waals surface area contributed by atoms with Crippen LogP contribution in [-0.4, -0.2) is 37.8 Å². The molecule has 10 heteroatoms. The number of halogens is 4. The zero-order chi connectivity index (χ0) is 20.6. The van der Waals surface area contributed by atoms with Gasteiger partial charge in [-0.3, -0.25) is 9.89 Å². The van der Waals surface area contributed by atoms with E-state index in [1.54, 1.807) is 19.1 Å². The van der Waals surface area contributed by atoms with Gasteiger partial charge in [-0.05, 0) is 26.7 Å². The fourth-order valence-electron chi connectivity index (χ4n) is 2.99. The average molecular weight is 414 g/mol. The number of rotatable bonds is 4. The van der Waals surface area contributed by atoms with Gasteiger partial charge in [-0.25, -0.2) is 4.68 Å². The largest absolute Gasteiger partial charge is 0.435 e. The van der Waals surface area contributed by atoms with Gasteiger partial charge in [0.25, 0.3) is 5.91 Å². The SMILES string of the molecule is Cc1n[nH]c(C)c1CN(C)C(=O)c1cc(C(F)(F)F)nn1C1=CCCC=C1Cl. The van der Waals surface area contributed by atoms with E-state index in [4.69, 9.17) is 11.6 Å². The van der Waals surface area contributed by atoms with Crippen molar-refractivity contribution in [1.29, 1.82) is 0 Å². The molecule has 0 aromatic carbocycles. The first kappa shape index (κ1) is 20.2. The molecule has 2 aromatic heterocycles. The summed E-state index contributed by atoms with van der Waals surface area (Å²) in [5.74, 6) is -0.598. The monoisotopic (exact) mass is 413 g/mol. The van der Waals surface area contributed by atoms with Crippen LogP contribution in [0.15, 0.2) is 23.3 Å². The topological polar surface area (TPSA) is 66.8 Å². The molecule has 0 fully saturated rings. The van der Waals surface area contributed by atoms with Crippen LogP contribution >= 0.6 is 11.6 Å².